The smallest absolute Gasteiger partial charge is 0.240 e. The third-order valence-electron chi connectivity index (χ3n) is 5.68. The van der Waals surface area contributed by atoms with Crippen molar-refractivity contribution in [1.29, 1.82) is 0 Å². The molecule has 5 nitrogen and oxygen atoms in total. The van der Waals surface area contributed by atoms with Crippen molar-refractivity contribution in [3.63, 3.8) is 0 Å². The highest BCUT2D eigenvalue weighted by atomic mass is 19.1. The monoisotopic (exact) mass is 436 g/mol. The van der Waals surface area contributed by atoms with Crippen molar-refractivity contribution >= 4 is 17.5 Å². The standard InChI is InChI=1S/C25H22F2N2O3/c26-19-7-4-8-20(27)22(19)29-24(32)25(13-14-25)23(31)28-15-21(30)18-11-9-17(10-12-18)16-5-2-1-3-6-16/h1-12,21,30H,13-15H2,(H,28,31)(H,29,32). The third kappa shape index (κ3) is 4.38. The summed E-state index contributed by atoms with van der Waals surface area (Å²) in [7, 11) is 0. The molecular formula is C25H22F2N2O3. The van der Waals surface area contributed by atoms with Crippen LogP contribution >= 0.6 is 0 Å². The molecule has 3 N–H and O–H groups in total. The maximum Gasteiger partial charge on any atom is 0.240 e. The highest BCUT2D eigenvalue weighted by Gasteiger charge is 2.56. The number of carbonyl (C=O) groups excluding carboxylic acids is 2. The molecule has 0 aromatic heterocycles. The van der Waals surface area contributed by atoms with Crippen molar-refractivity contribution in [2.45, 2.75) is 18.9 Å². The molecule has 4 rings (SSSR count). The van der Waals surface area contributed by atoms with E-state index in [9.17, 15) is 23.5 Å². The Hall–Kier alpha value is -3.58. The Balaban J connectivity index is 1.36. The van der Waals surface area contributed by atoms with Crippen molar-refractivity contribution < 1.29 is 23.5 Å². The Morgan fingerprint density at radius 3 is 2.03 bits per heavy atom. The minimum atomic E-state index is -1.38. The number of aliphatic hydroxyl groups excluding tert-OH is 1. The van der Waals surface area contributed by atoms with E-state index in [1.54, 1.807) is 12.1 Å². The van der Waals surface area contributed by atoms with Gasteiger partial charge in [0.1, 0.15) is 22.7 Å². The first-order chi connectivity index (χ1) is 15.4. The maximum atomic E-state index is 13.8. The summed E-state index contributed by atoms with van der Waals surface area (Å²) in [5.74, 6) is -3.17. The van der Waals surface area contributed by atoms with Crippen LogP contribution in [0.25, 0.3) is 11.1 Å². The maximum absolute atomic E-state index is 13.8. The van der Waals surface area contributed by atoms with Gasteiger partial charge in [0.15, 0.2) is 0 Å². The van der Waals surface area contributed by atoms with E-state index in [0.29, 0.717) is 5.56 Å². The summed E-state index contributed by atoms with van der Waals surface area (Å²) in [5.41, 5.74) is 0.711. The zero-order valence-corrected chi connectivity index (χ0v) is 17.1. The molecule has 0 radical (unpaired) electrons. The molecule has 7 heteroatoms. The summed E-state index contributed by atoms with van der Waals surface area (Å²) >= 11 is 0. The van der Waals surface area contributed by atoms with Gasteiger partial charge in [0.05, 0.1) is 6.10 Å². The van der Waals surface area contributed by atoms with Gasteiger partial charge in [0.25, 0.3) is 0 Å². The first-order valence-electron chi connectivity index (χ1n) is 10.3. The van der Waals surface area contributed by atoms with Crippen molar-refractivity contribution in [3.8, 4) is 11.1 Å². The average molecular weight is 436 g/mol. The van der Waals surface area contributed by atoms with Crippen LogP contribution in [0, 0.1) is 17.0 Å². The normalized spacial score (nSPS) is 15.0. The van der Waals surface area contributed by atoms with Crippen LogP contribution in [-0.2, 0) is 9.59 Å². The van der Waals surface area contributed by atoms with Crippen molar-refractivity contribution in [3.05, 3.63) is 90.0 Å². The molecule has 1 aliphatic rings. The van der Waals surface area contributed by atoms with Gasteiger partial charge >= 0.3 is 0 Å². The number of rotatable bonds is 7. The van der Waals surface area contributed by atoms with E-state index in [1.165, 1.54) is 6.07 Å². The van der Waals surface area contributed by atoms with Gasteiger partial charge in [0, 0.05) is 6.54 Å². The molecule has 1 fully saturated rings. The van der Waals surface area contributed by atoms with Crippen molar-refractivity contribution in [2.24, 2.45) is 5.41 Å². The van der Waals surface area contributed by atoms with E-state index < -0.39 is 40.7 Å². The summed E-state index contributed by atoms with van der Waals surface area (Å²) in [6.07, 6.45) is -0.433. The van der Waals surface area contributed by atoms with Crippen LogP contribution < -0.4 is 10.6 Å². The Kier molecular flexibility index (Phi) is 6.01. The van der Waals surface area contributed by atoms with E-state index in [4.69, 9.17) is 0 Å². The predicted molar refractivity (Wildman–Crippen MR) is 117 cm³/mol. The largest absolute Gasteiger partial charge is 0.387 e. The van der Waals surface area contributed by atoms with Crippen LogP contribution in [0.15, 0.2) is 72.8 Å². The number of aliphatic hydroxyl groups is 1. The highest BCUT2D eigenvalue weighted by molar-refractivity contribution is 6.13. The number of anilines is 1. The van der Waals surface area contributed by atoms with Gasteiger partial charge in [-0.05, 0) is 41.7 Å². The molecular weight excluding hydrogens is 414 g/mol. The number of hydrogen-bond donors (Lipinski definition) is 3. The lowest BCUT2D eigenvalue weighted by Crippen LogP contribution is -2.41. The number of nitrogens with one attached hydrogen (secondary N) is 2. The molecule has 2 amide bonds. The quantitative estimate of drug-likeness (QED) is 0.486. The number of para-hydroxylation sites is 1. The van der Waals surface area contributed by atoms with E-state index in [-0.39, 0.29) is 19.4 Å². The molecule has 32 heavy (non-hydrogen) atoms. The molecule has 3 aromatic carbocycles. The van der Waals surface area contributed by atoms with E-state index in [0.717, 1.165) is 23.3 Å². The highest BCUT2D eigenvalue weighted by Crippen LogP contribution is 2.47. The van der Waals surface area contributed by atoms with Crippen molar-refractivity contribution in [2.75, 3.05) is 11.9 Å². The summed E-state index contributed by atoms with van der Waals surface area (Å²) in [6, 6.07) is 20.4. The van der Waals surface area contributed by atoms with Gasteiger partial charge in [-0.25, -0.2) is 8.78 Å². The predicted octanol–water partition coefficient (Wildman–Crippen LogP) is 4.20. The number of carbonyl (C=O) groups is 2. The fraction of sp³-hybridized carbons (Fsp3) is 0.200. The molecule has 0 bridgehead atoms. The average Bonchev–Trinajstić information content (AvgIpc) is 3.63. The summed E-state index contributed by atoms with van der Waals surface area (Å²) in [5, 5.41) is 15.2. The fourth-order valence-electron chi connectivity index (χ4n) is 3.54. The van der Waals surface area contributed by atoms with Gasteiger partial charge in [-0.3, -0.25) is 9.59 Å². The molecule has 1 atom stereocenters. The van der Waals surface area contributed by atoms with E-state index in [1.807, 2.05) is 42.5 Å². The van der Waals surface area contributed by atoms with Crippen LogP contribution in [0.1, 0.15) is 24.5 Å². The lowest BCUT2D eigenvalue weighted by Gasteiger charge is -2.18. The second-order valence-electron chi connectivity index (χ2n) is 7.85. The van der Waals surface area contributed by atoms with Gasteiger partial charge in [-0.1, -0.05) is 60.7 Å². The molecule has 164 valence electrons. The lowest BCUT2D eigenvalue weighted by molar-refractivity contribution is -0.134. The topological polar surface area (TPSA) is 78.4 Å². The molecule has 1 unspecified atom stereocenters. The minimum Gasteiger partial charge on any atom is -0.387 e. The minimum absolute atomic E-state index is 0.0907. The zero-order chi connectivity index (χ0) is 22.7. The third-order valence-corrected chi connectivity index (χ3v) is 5.68. The van der Waals surface area contributed by atoms with Crippen molar-refractivity contribution in [1.82, 2.24) is 5.32 Å². The van der Waals surface area contributed by atoms with E-state index in [2.05, 4.69) is 10.6 Å². The number of benzene rings is 3. The Morgan fingerprint density at radius 1 is 0.844 bits per heavy atom. The molecule has 3 aromatic rings. The Morgan fingerprint density at radius 2 is 1.44 bits per heavy atom. The summed E-state index contributed by atoms with van der Waals surface area (Å²) in [6.45, 7) is -0.0907. The van der Waals surface area contributed by atoms with Crippen LogP contribution in [0.2, 0.25) is 0 Å². The molecule has 0 saturated heterocycles. The first kappa shape index (κ1) is 21.6. The zero-order valence-electron chi connectivity index (χ0n) is 17.1. The Bertz CT molecular complexity index is 1110. The molecule has 1 saturated carbocycles. The van der Waals surface area contributed by atoms with E-state index >= 15 is 0 Å². The molecule has 0 spiro atoms. The second kappa shape index (κ2) is 8.88. The van der Waals surface area contributed by atoms with Gasteiger partial charge < -0.3 is 15.7 Å². The van der Waals surface area contributed by atoms with Crippen LogP contribution in [0.4, 0.5) is 14.5 Å². The van der Waals surface area contributed by atoms with Crippen LogP contribution in [0.3, 0.4) is 0 Å². The lowest BCUT2D eigenvalue weighted by atomic mass is 10.0. The number of hydrogen-bond acceptors (Lipinski definition) is 3. The molecule has 0 aliphatic heterocycles. The van der Waals surface area contributed by atoms with Crippen LogP contribution in [-0.4, -0.2) is 23.5 Å². The molecule has 0 heterocycles. The number of amides is 2. The van der Waals surface area contributed by atoms with Crippen LogP contribution in [0.5, 0.6) is 0 Å². The Labute approximate surface area is 184 Å². The second-order valence-corrected chi connectivity index (χ2v) is 7.85. The van der Waals surface area contributed by atoms with Gasteiger partial charge in [-0.2, -0.15) is 0 Å². The van der Waals surface area contributed by atoms with Gasteiger partial charge in [0.2, 0.25) is 11.8 Å². The summed E-state index contributed by atoms with van der Waals surface area (Å²) in [4.78, 5) is 25.2. The first-order valence-corrected chi connectivity index (χ1v) is 10.3. The van der Waals surface area contributed by atoms with Gasteiger partial charge in [-0.15, -0.1) is 0 Å². The SMILES string of the molecule is O=C(NCC(O)c1ccc(-c2ccccc2)cc1)C1(C(=O)Nc2c(F)cccc2F)CC1. The summed E-state index contributed by atoms with van der Waals surface area (Å²) < 4.78 is 27.6. The fourth-order valence-corrected chi connectivity index (χ4v) is 3.54. The number of halogens is 2. The molecule has 1 aliphatic carbocycles.